The lowest BCUT2D eigenvalue weighted by molar-refractivity contribution is -0.164. The van der Waals surface area contributed by atoms with Gasteiger partial charge in [-0.05, 0) is 68.1 Å². The van der Waals surface area contributed by atoms with Gasteiger partial charge in [-0.2, -0.15) is 0 Å². The van der Waals surface area contributed by atoms with E-state index in [0.717, 1.165) is 25.7 Å². The summed E-state index contributed by atoms with van der Waals surface area (Å²) in [5.74, 6) is 1.01. The van der Waals surface area contributed by atoms with E-state index in [2.05, 4.69) is 39.5 Å². The van der Waals surface area contributed by atoms with Crippen LogP contribution in [0.1, 0.15) is 65.7 Å². The molecule has 5 atom stereocenters. The van der Waals surface area contributed by atoms with Gasteiger partial charge in [0.05, 0.1) is 12.5 Å². The van der Waals surface area contributed by atoms with E-state index in [1.54, 1.807) is 12.7 Å². The fourth-order valence-electron chi connectivity index (χ4n) is 6.24. The van der Waals surface area contributed by atoms with Gasteiger partial charge in [0.2, 0.25) is 0 Å². The molecule has 0 amide bonds. The van der Waals surface area contributed by atoms with Gasteiger partial charge in [0, 0.05) is 0 Å². The zero-order chi connectivity index (χ0) is 16.9. The monoisotopic (exact) mass is 316 g/mol. The van der Waals surface area contributed by atoms with Crippen molar-refractivity contribution < 1.29 is 9.53 Å². The minimum Gasteiger partial charge on any atom is -0.469 e. The summed E-state index contributed by atoms with van der Waals surface area (Å²) < 4.78 is 5.21. The molecule has 2 heteroatoms. The largest absolute Gasteiger partial charge is 0.469 e. The van der Waals surface area contributed by atoms with Crippen molar-refractivity contribution in [3.8, 4) is 0 Å². The van der Waals surface area contributed by atoms with E-state index in [1.165, 1.54) is 19.3 Å². The Hall–Kier alpha value is -1.05. The average Bonchev–Trinajstić information content (AvgIpc) is 2.54. The zero-order valence-corrected chi connectivity index (χ0v) is 15.3. The van der Waals surface area contributed by atoms with Crippen molar-refractivity contribution in [2.45, 2.75) is 65.7 Å². The maximum Gasteiger partial charge on any atom is 0.311 e. The molecule has 0 saturated heterocycles. The van der Waals surface area contributed by atoms with Crippen LogP contribution in [0.2, 0.25) is 0 Å². The zero-order valence-electron chi connectivity index (χ0n) is 15.3. The summed E-state index contributed by atoms with van der Waals surface area (Å²) in [7, 11) is 1.54. The second-order valence-electron chi connectivity index (χ2n) is 8.77. The highest BCUT2D eigenvalue weighted by molar-refractivity contribution is 5.77. The van der Waals surface area contributed by atoms with E-state index in [-0.39, 0.29) is 22.2 Å². The molecule has 3 aliphatic carbocycles. The van der Waals surface area contributed by atoms with Crippen molar-refractivity contribution in [3.63, 3.8) is 0 Å². The van der Waals surface area contributed by atoms with E-state index in [4.69, 9.17) is 4.74 Å². The number of carbonyl (C=O) groups excluding carboxylic acids is 1. The van der Waals surface area contributed by atoms with Crippen LogP contribution in [0.25, 0.3) is 0 Å². The van der Waals surface area contributed by atoms with Crippen molar-refractivity contribution in [3.05, 3.63) is 24.3 Å². The maximum atomic E-state index is 12.6. The van der Waals surface area contributed by atoms with Crippen LogP contribution < -0.4 is 0 Å². The van der Waals surface area contributed by atoms with Gasteiger partial charge in [0.15, 0.2) is 0 Å². The Morgan fingerprint density at radius 3 is 2.65 bits per heavy atom. The molecule has 2 saturated carbocycles. The third-order valence-corrected chi connectivity index (χ3v) is 7.67. The molecule has 3 aliphatic rings. The van der Waals surface area contributed by atoms with Crippen LogP contribution in [0, 0.1) is 28.1 Å². The molecular formula is C21H32O2. The minimum atomic E-state index is -0.324. The third kappa shape index (κ3) is 2.24. The number of methoxy groups -OCH3 is 1. The van der Waals surface area contributed by atoms with Crippen molar-refractivity contribution >= 4 is 5.97 Å². The van der Waals surface area contributed by atoms with Gasteiger partial charge in [-0.25, -0.2) is 0 Å². The van der Waals surface area contributed by atoms with Crippen LogP contribution in [-0.2, 0) is 9.53 Å². The summed E-state index contributed by atoms with van der Waals surface area (Å²) in [5.41, 5.74) is 1.67. The van der Waals surface area contributed by atoms with E-state index < -0.39 is 0 Å². The van der Waals surface area contributed by atoms with Crippen LogP contribution in [0.15, 0.2) is 24.3 Å². The molecule has 0 N–H and O–H groups in total. The van der Waals surface area contributed by atoms with Crippen LogP contribution in [0.5, 0.6) is 0 Å². The van der Waals surface area contributed by atoms with E-state index in [1.807, 2.05) is 0 Å². The molecule has 1 unspecified atom stereocenters. The molecule has 0 aliphatic heterocycles. The molecule has 0 aromatic rings. The number of fused-ring (bicyclic) bond motifs is 3. The number of hydrogen-bond donors (Lipinski definition) is 0. The number of esters is 1. The SMILES string of the molecule is C=C[C@@]1(C)CCC=C2C1CC[C@@H]1[C@](C)(C(=O)OC)CCC[C@@]21C. The van der Waals surface area contributed by atoms with Crippen molar-refractivity contribution in [1.82, 2.24) is 0 Å². The van der Waals surface area contributed by atoms with Crippen LogP contribution >= 0.6 is 0 Å². The lowest BCUT2D eigenvalue weighted by atomic mass is 9.44. The summed E-state index contributed by atoms with van der Waals surface area (Å²) in [5, 5.41) is 0. The summed E-state index contributed by atoms with van der Waals surface area (Å²) in [6, 6.07) is 0. The summed E-state index contributed by atoms with van der Waals surface area (Å²) in [4.78, 5) is 12.6. The van der Waals surface area contributed by atoms with Gasteiger partial charge in [-0.15, -0.1) is 6.58 Å². The summed E-state index contributed by atoms with van der Waals surface area (Å²) in [6.07, 6.45) is 12.7. The molecule has 0 bridgehead atoms. The van der Waals surface area contributed by atoms with Crippen LogP contribution in [-0.4, -0.2) is 13.1 Å². The van der Waals surface area contributed by atoms with Crippen molar-refractivity contribution in [2.24, 2.45) is 28.1 Å². The predicted octanol–water partition coefficient (Wildman–Crippen LogP) is 5.29. The average molecular weight is 316 g/mol. The first-order chi connectivity index (χ1) is 10.8. The van der Waals surface area contributed by atoms with Gasteiger partial charge in [-0.3, -0.25) is 4.79 Å². The quantitative estimate of drug-likeness (QED) is 0.511. The standard InChI is InChI=1S/C21H32O2/c1-6-19(2)12-7-9-16-15(19)10-11-17-20(16,3)13-8-14-21(17,4)18(22)23-5/h6,9,15,17H,1,7-8,10-14H2,2-5H3/t15?,17-,19-,20-,21+/m0/s1. The van der Waals surface area contributed by atoms with E-state index in [0.29, 0.717) is 11.8 Å². The Labute approximate surface area is 141 Å². The number of ether oxygens (including phenoxy) is 1. The molecule has 3 rings (SSSR count). The summed E-state index contributed by atoms with van der Waals surface area (Å²) >= 11 is 0. The minimum absolute atomic E-state index is 0.00485. The molecule has 2 fully saturated rings. The Balaban J connectivity index is 2.03. The second kappa shape index (κ2) is 5.50. The Morgan fingerprint density at radius 2 is 2.00 bits per heavy atom. The Morgan fingerprint density at radius 1 is 1.26 bits per heavy atom. The third-order valence-electron chi connectivity index (χ3n) is 7.67. The van der Waals surface area contributed by atoms with E-state index in [9.17, 15) is 4.79 Å². The molecule has 23 heavy (non-hydrogen) atoms. The van der Waals surface area contributed by atoms with Crippen molar-refractivity contribution in [2.75, 3.05) is 7.11 Å². The van der Waals surface area contributed by atoms with Crippen LogP contribution in [0.4, 0.5) is 0 Å². The molecule has 0 aromatic carbocycles. The fraction of sp³-hybridized carbons (Fsp3) is 0.762. The predicted molar refractivity (Wildman–Crippen MR) is 93.9 cm³/mol. The van der Waals surface area contributed by atoms with Gasteiger partial charge in [0.1, 0.15) is 0 Å². The van der Waals surface area contributed by atoms with E-state index >= 15 is 0 Å². The first-order valence-electron chi connectivity index (χ1n) is 9.24. The second-order valence-corrected chi connectivity index (χ2v) is 8.77. The van der Waals surface area contributed by atoms with Crippen molar-refractivity contribution in [1.29, 1.82) is 0 Å². The smallest absolute Gasteiger partial charge is 0.311 e. The normalized spacial score (nSPS) is 46.2. The Kier molecular flexibility index (Phi) is 4.01. The van der Waals surface area contributed by atoms with Gasteiger partial charge < -0.3 is 4.74 Å². The van der Waals surface area contributed by atoms with Gasteiger partial charge in [0.25, 0.3) is 0 Å². The van der Waals surface area contributed by atoms with Gasteiger partial charge >= 0.3 is 5.97 Å². The number of hydrogen-bond acceptors (Lipinski definition) is 2. The Bertz CT molecular complexity index is 548. The number of carbonyl (C=O) groups is 1. The molecule has 128 valence electrons. The number of allylic oxidation sites excluding steroid dienone is 3. The lowest BCUT2D eigenvalue weighted by Crippen LogP contribution is -2.54. The highest BCUT2D eigenvalue weighted by Crippen LogP contribution is 2.65. The molecule has 0 spiro atoms. The first-order valence-corrected chi connectivity index (χ1v) is 9.24. The lowest BCUT2D eigenvalue weighted by Gasteiger charge is -2.59. The molecular weight excluding hydrogens is 284 g/mol. The first kappa shape index (κ1) is 16.8. The maximum absolute atomic E-state index is 12.6. The summed E-state index contributed by atoms with van der Waals surface area (Å²) in [6.45, 7) is 11.1. The van der Waals surface area contributed by atoms with Gasteiger partial charge in [-0.1, -0.05) is 38.0 Å². The molecule has 2 nitrogen and oxygen atoms in total. The molecule has 0 heterocycles. The molecule has 0 aromatic heterocycles. The fourth-order valence-corrected chi connectivity index (χ4v) is 6.24. The topological polar surface area (TPSA) is 26.3 Å². The highest BCUT2D eigenvalue weighted by atomic mass is 16.5. The van der Waals surface area contributed by atoms with Crippen LogP contribution in [0.3, 0.4) is 0 Å². The molecule has 0 radical (unpaired) electrons. The highest BCUT2D eigenvalue weighted by Gasteiger charge is 2.59. The number of rotatable bonds is 2.